The van der Waals surface area contributed by atoms with E-state index in [-0.39, 0.29) is 0 Å². The summed E-state index contributed by atoms with van der Waals surface area (Å²) in [5.74, 6) is 0. The molecule has 46 valence electrons. The summed E-state index contributed by atoms with van der Waals surface area (Å²) in [7, 11) is 0. The van der Waals surface area contributed by atoms with Crippen molar-refractivity contribution in [2.75, 3.05) is 26.2 Å². The Balaban J connectivity index is 0.0000000907. The number of carbonyl (C=O) groups is 1. The average molecular weight is 114 g/mol. The van der Waals surface area contributed by atoms with E-state index in [1.807, 2.05) is 0 Å². The van der Waals surface area contributed by atoms with E-state index in [0.717, 1.165) is 19.5 Å². The topological polar surface area (TPSA) is 42.0 Å². The van der Waals surface area contributed by atoms with Crippen LogP contribution >= 0.6 is 0 Å². The molecule has 2 aliphatic rings. The van der Waals surface area contributed by atoms with Gasteiger partial charge in [0.25, 0.3) is 0 Å². The van der Waals surface area contributed by atoms with Crippen molar-refractivity contribution in [2.24, 2.45) is 0 Å². The molecule has 0 aromatic rings. The molecule has 2 heterocycles. The van der Waals surface area contributed by atoms with Crippen molar-refractivity contribution in [3.63, 3.8) is 0 Å². The molecule has 0 atom stereocenters. The second-order valence-electron chi connectivity index (χ2n) is 1.89. The largest absolute Gasteiger partial charge is 0.342 e. The third-order valence-electron chi connectivity index (χ3n) is 0.881. The maximum absolute atomic E-state index is 9.49. The summed E-state index contributed by atoms with van der Waals surface area (Å²) in [5.41, 5.74) is 0. The summed E-state index contributed by atoms with van der Waals surface area (Å²) in [4.78, 5) is 11.2. The molecular formula is C5H10N2O. The molecule has 2 aliphatic heterocycles. The van der Waals surface area contributed by atoms with Gasteiger partial charge in [0.1, 0.15) is 0 Å². The van der Waals surface area contributed by atoms with Crippen LogP contribution in [0.15, 0.2) is 0 Å². The number of hydrogen-bond donors (Lipinski definition) is 1. The van der Waals surface area contributed by atoms with Crippen LogP contribution in [0.5, 0.6) is 0 Å². The molecule has 0 spiro atoms. The molecule has 0 radical (unpaired) electrons. The highest BCUT2D eigenvalue weighted by Gasteiger charge is 2.11. The van der Waals surface area contributed by atoms with E-state index < -0.39 is 0 Å². The fourth-order valence-electron chi connectivity index (χ4n) is 0.163. The fraction of sp³-hybridized carbons (Fsp3) is 0.800. The van der Waals surface area contributed by atoms with Gasteiger partial charge in [-0.25, -0.2) is 0 Å². The van der Waals surface area contributed by atoms with Gasteiger partial charge in [-0.3, -0.25) is 4.79 Å². The van der Waals surface area contributed by atoms with Crippen LogP contribution in [0, 0.1) is 0 Å². The van der Waals surface area contributed by atoms with Crippen molar-refractivity contribution in [2.45, 2.75) is 0 Å². The van der Waals surface area contributed by atoms with E-state index in [4.69, 9.17) is 0 Å². The zero-order valence-corrected chi connectivity index (χ0v) is 4.76. The third kappa shape index (κ3) is 3.61. The van der Waals surface area contributed by atoms with Gasteiger partial charge >= 0.3 is 0 Å². The Kier molecular flexibility index (Phi) is 1.86. The van der Waals surface area contributed by atoms with E-state index in [9.17, 15) is 4.79 Å². The van der Waals surface area contributed by atoms with Gasteiger partial charge in [-0.1, -0.05) is 0 Å². The lowest BCUT2D eigenvalue weighted by atomic mass is 11.0. The van der Waals surface area contributed by atoms with Crippen molar-refractivity contribution < 1.29 is 4.79 Å². The lowest BCUT2D eigenvalue weighted by Crippen LogP contribution is -1.85. The molecule has 3 heteroatoms. The normalized spacial score (nSPS) is 20.8. The Labute approximate surface area is 48.7 Å². The Morgan fingerprint density at radius 3 is 1.88 bits per heavy atom. The Bertz CT molecular complexity index is 75.7. The predicted octanol–water partition coefficient (Wildman–Crippen LogP) is -0.952. The molecule has 0 aliphatic carbocycles. The average Bonchev–Trinajstić information content (AvgIpc) is 2.65. The molecule has 2 saturated heterocycles. The molecule has 2 rings (SSSR count). The van der Waals surface area contributed by atoms with E-state index in [0.29, 0.717) is 0 Å². The molecule has 0 aromatic carbocycles. The number of amides is 1. The smallest absolute Gasteiger partial charge is 0.209 e. The number of nitrogens with zero attached hydrogens (tertiary/aromatic N) is 1. The van der Waals surface area contributed by atoms with Crippen LogP contribution in [0.3, 0.4) is 0 Å². The molecule has 1 amide bonds. The molecule has 8 heavy (non-hydrogen) atoms. The number of rotatable bonds is 1. The summed E-state index contributed by atoms with van der Waals surface area (Å²) in [6.45, 7) is 4.45. The minimum absolute atomic E-state index is 0.861. The summed E-state index contributed by atoms with van der Waals surface area (Å²) in [6.07, 6.45) is 0.861. The van der Waals surface area contributed by atoms with E-state index in [1.54, 1.807) is 4.90 Å². The van der Waals surface area contributed by atoms with E-state index in [2.05, 4.69) is 5.32 Å². The summed E-state index contributed by atoms with van der Waals surface area (Å²) in [5, 5.41) is 3.00. The monoisotopic (exact) mass is 114 g/mol. The minimum atomic E-state index is 0.861. The summed E-state index contributed by atoms with van der Waals surface area (Å²) >= 11 is 0. The molecule has 2 fully saturated rings. The number of carbonyl (C=O) groups excluding carboxylic acids is 1. The highest BCUT2D eigenvalue weighted by Crippen LogP contribution is 1.94. The Morgan fingerprint density at radius 2 is 1.88 bits per heavy atom. The van der Waals surface area contributed by atoms with Crippen LogP contribution in [-0.4, -0.2) is 37.5 Å². The molecule has 0 saturated carbocycles. The highest BCUT2D eigenvalue weighted by molar-refractivity contribution is 5.50. The van der Waals surface area contributed by atoms with E-state index >= 15 is 0 Å². The second-order valence-corrected chi connectivity index (χ2v) is 1.89. The Morgan fingerprint density at radius 1 is 1.38 bits per heavy atom. The zero-order chi connectivity index (χ0) is 5.82. The van der Waals surface area contributed by atoms with Gasteiger partial charge in [-0.15, -0.1) is 0 Å². The van der Waals surface area contributed by atoms with Gasteiger partial charge in [-0.2, -0.15) is 0 Å². The van der Waals surface area contributed by atoms with Crippen LogP contribution in [0.4, 0.5) is 0 Å². The first kappa shape index (κ1) is 5.56. The molecule has 0 bridgehead atoms. The molecule has 1 N–H and O–H groups in total. The standard InChI is InChI=1S/C3H5NO.C2H5N/c5-3-4-1-2-4;1-2-3-1/h3H,1-2H2;3H,1-2H2. The van der Waals surface area contributed by atoms with Crippen molar-refractivity contribution in [3.05, 3.63) is 0 Å². The van der Waals surface area contributed by atoms with Gasteiger partial charge in [0.15, 0.2) is 0 Å². The maximum atomic E-state index is 9.49. The maximum Gasteiger partial charge on any atom is 0.209 e. The lowest BCUT2D eigenvalue weighted by Gasteiger charge is -1.71. The molecule has 3 nitrogen and oxygen atoms in total. The summed E-state index contributed by atoms with van der Waals surface area (Å²) in [6, 6.07) is 0. The minimum Gasteiger partial charge on any atom is -0.342 e. The predicted molar refractivity (Wildman–Crippen MR) is 30.5 cm³/mol. The van der Waals surface area contributed by atoms with Crippen molar-refractivity contribution in [3.8, 4) is 0 Å². The van der Waals surface area contributed by atoms with Crippen molar-refractivity contribution >= 4 is 6.41 Å². The fourth-order valence-corrected chi connectivity index (χ4v) is 0.163. The van der Waals surface area contributed by atoms with Crippen molar-refractivity contribution in [1.82, 2.24) is 10.2 Å². The van der Waals surface area contributed by atoms with Crippen LogP contribution in [-0.2, 0) is 4.79 Å². The van der Waals surface area contributed by atoms with E-state index in [1.165, 1.54) is 13.1 Å². The molecule has 0 unspecified atom stereocenters. The first-order chi connectivity index (χ1) is 3.93. The quantitative estimate of drug-likeness (QED) is 0.352. The molecule has 0 aromatic heterocycles. The number of nitrogens with one attached hydrogen (secondary N) is 1. The first-order valence-corrected chi connectivity index (χ1v) is 2.83. The second kappa shape index (κ2) is 2.67. The zero-order valence-electron chi connectivity index (χ0n) is 4.76. The lowest BCUT2D eigenvalue weighted by molar-refractivity contribution is -0.113. The SMILES string of the molecule is C1CN1.O=CN1CC1. The molecular weight excluding hydrogens is 104 g/mol. The van der Waals surface area contributed by atoms with Gasteiger partial charge in [0.05, 0.1) is 0 Å². The van der Waals surface area contributed by atoms with Gasteiger partial charge in [0.2, 0.25) is 6.41 Å². The van der Waals surface area contributed by atoms with Gasteiger partial charge in [-0.05, 0) is 0 Å². The number of hydrogen-bond acceptors (Lipinski definition) is 2. The van der Waals surface area contributed by atoms with Gasteiger partial charge in [0, 0.05) is 26.2 Å². The Hall–Kier alpha value is -0.570. The third-order valence-corrected chi connectivity index (χ3v) is 0.881. The van der Waals surface area contributed by atoms with Crippen LogP contribution in [0.2, 0.25) is 0 Å². The van der Waals surface area contributed by atoms with Crippen LogP contribution < -0.4 is 5.32 Å². The van der Waals surface area contributed by atoms with Crippen molar-refractivity contribution in [1.29, 1.82) is 0 Å². The van der Waals surface area contributed by atoms with Crippen LogP contribution in [0.1, 0.15) is 0 Å². The first-order valence-electron chi connectivity index (χ1n) is 2.83. The highest BCUT2D eigenvalue weighted by atomic mass is 16.1. The van der Waals surface area contributed by atoms with Crippen LogP contribution in [0.25, 0.3) is 0 Å². The van der Waals surface area contributed by atoms with Gasteiger partial charge < -0.3 is 10.2 Å². The summed E-state index contributed by atoms with van der Waals surface area (Å²) < 4.78 is 0.